The summed E-state index contributed by atoms with van der Waals surface area (Å²) in [5.41, 5.74) is -1.85. The Balaban J connectivity index is 3.44. The monoisotopic (exact) mass is 409 g/mol. The first kappa shape index (κ1) is 25.5. The highest BCUT2D eigenvalue weighted by molar-refractivity contribution is 6.27. The van der Waals surface area contributed by atoms with Gasteiger partial charge < -0.3 is 15.3 Å². The van der Waals surface area contributed by atoms with Crippen LogP contribution in [0, 0.1) is 23.7 Å². The average Bonchev–Trinajstić information content (AvgIpc) is 2.81. The van der Waals surface area contributed by atoms with Crippen LogP contribution in [-0.2, 0) is 9.59 Å². The van der Waals surface area contributed by atoms with Gasteiger partial charge in [0.2, 0.25) is 0 Å². The number of Topliss-reactive ketones (excluding diaryl/α,β-unsaturated/α-hetero) is 2. The van der Waals surface area contributed by atoms with Gasteiger partial charge in [-0.25, -0.2) is 0 Å². The maximum Gasteiger partial charge on any atom is 0.190 e. The maximum atomic E-state index is 13.3. The van der Waals surface area contributed by atoms with Gasteiger partial charge in [0.25, 0.3) is 0 Å². The minimum absolute atomic E-state index is 0.0266. The molecule has 0 heterocycles. The molecule has 0 aliphatic heterocycles. The molecule has 0 amide bonds. The van der Waals surface area contributed by atoms with Crippen LogP contribution in [0.25, 0.3) is 0 Å². The number of aliphatic hydroxyl groups excluding tert-OH is 2. The van der Waals surface area contributed by atoms with E-state index < -0.39 is 28.8 Å². The topological polar surface area (TPSA) is 107 Å². The largest absolute Gasteiger partial charge is 0.508 e. The van der Waals surface area contributed by atoms with Crippen molar-refractivity contribution in [3.8, 4) is 0 Å². The van der Waals surface area contributed by atoms with Gasteiger partial charge >= 0.3 is 0 Å². The van der Waals surface area contributed by atoms with E-state index in [-0.39, 0.29) is 37.0 Å². The van der Waals surface area contributed by atoms with Crippen molar-refractivity contribution in [3.05, 3.63) is 11.3 Å². The number of allylic oxidation sites excluding steroid dienone is 1. The number of hydrogen-bond donors (Lipinski definition) is 3. The second kappa shape index (κ2) is 11.0. The molecule has 0 saturated carbocycles. The van der Waals surface area contributed by atoms with Crippen molar-refractivity contribution in [1.82, 2.24) is 0 Å². The molecule has 0 saturated heterocycles. The summed E-state index contributed by atoms with van der Waals surface area (Å²) >= 11 is 0. The van der Waals surface area contributed by atoms with E-state index >= 15 is 0 Å². The van der Waals surface area contributed by atoms with Crippen LogP contribution >= 0.6 is 0 Å². The summed E-state index contributed by atoms with van der Waals surface area (Å²) in [7, 11) is 0. The van der Waals surface area contributed by atoms with Gasteiger partial charge in [-0.1, -0.05) is 48.0 Å². The standard InChI is InChI=1S/C23H39NO5/c1-14(2)7-9-17-21(27)20(18(13-16(5)6)24-11-12-25)22(28)23(17,29)19(26)10-8-15(3)4/h14-17,25,28-29H,7-13H2,1-6H3/t17-,23+/m0/s1. The van der Waals surface area contributed by atoms with E-state index in [2.05, 4.69) is 4.99 Å². The molecule has 1 aliphatic carbocycles. The summed E-state index contributed by atoms with van der Waals surface area (Å²) in [4.78, 5) is 30.6. The molecule has 2 atom stereocenters. The van der Waals surface area contributed by atoms with Crippen LogP contribution in [0.1, 0.15) is 73.6 Å². The number of carbonyl (C=O) groups excluding carboxylic acids is 2. The van der Waals surface area contributed by atoms with Gasteiger partial charge in [-0.2, -0.15) is 0 Å². The Kier molecular flexibility index (Phi) is 9.69. The number of carbonyl (C=O) groups is 2. The molecule has 29 heavy (non-hydrogen) atoms. The van der Waals surface area contributed by atoms with Crippen LogP contribution in [-0.4, -0.2) is 51.4 Å². The third-order valence-electron chi connectivity index (χ3n) is 5.36. The van der Waals surface area contributed by atoms with Crippen molar-refractivity contribution >= 4 is 17.3 Å². The predicted molar refractivity (Wildman–Crippen MR) is 115 cm³/mol. The third-order valence-corrected chi connectivity index (χ3v) is 5.36. The van der Waals surface area contributed by atoms with E-state index in [4.69, 9.17) is 5.11 Å². The zero-order chi connectivity index (χ0) is 22.4. The lowest BCUT2D eigenvalue weighted by atomic mass is 9.79. The number of aliphatic imine (C=N–C) groups is 1. The molecule has 0 aromatic rings. The van der Waals surface area contributed by atoms with Crippen LogP contribution in [0.4, 0.5) is 0 Å². The fourth-order valence-electron chi connectivity index (χ4n) is 3.71. The zero-order valence-electron chi connectivity index (χ0n) is 18.9. The minimum Gasteiger partial charge on any atom is -0.508 e. The highest BCUT2D eigenvalue weighted by atomic mass is 16.3. The summed E-state index contributed by atoms with van der Waals surface area (Å²) in [6.07, 6.45) is 2.07. The van der Waals surface area contributed by atoms with Gasteiger partial charge in [0.05, 0.1) is 24.6 Å². The number of ketones is 2. The van der Waals surface area contributed by atoms with E-state index in [0.717, 1.165) is 0 Å². The van der Waals surface area contributed by atoms with Crippen molar-refractivity contribution in [2.75, 3.05) is 13.2 Å². The fourth-order valence-corrected chi connectivity index (χ4v) is 3.71. The fraction of sp³-hybridized carbons (Fsp3) is 0.783. The van der Waals surface area contributed by atoms with E-state index in [1.165, 1.54) is 0 Å². The van der Waals surface area contributed by atoms with Crippen LogP contribution < -0.4 is 0 Å². The molecule has 0 spiro atoms. The molecule has 3 N–H and O–H groups in total. The Morgan fingerprint density at radius 3 is 2.14 bits per heavy atom. The summed E-state index contributed by atoms with van der Waals surface area (Å²) in [6.45, 7) is 11.8. The van der Waals surface area contributed by atoms with Gasteiger partial charge in [-0.3, -0.25) is 14.6 Å². The molecule has 0 radical (unpaired) electrons. The smallest absolute Gasteiger partial charge is 0.190 e. The van der Waals surface area contributed by atoms with Crippen LogP contribution in [0.2, 0.25) is 0 Å². The molecule has 166 valence electrons. The first-order valence-electron chi connectivity index (χ1n) is 10.8. The van der Waals surface area contributed by atoms with Crippen LogP contribution in [0.5, 0.6) is 0 Å². The minimum atomic E-state index is -2.19. The highest BCUT2D eigenvalue weighted by Crippen LogP contribution is 2.42. The molecule has 0 aromatic heterocycles. The summed E-state index contributed by atoms with van der Waals surface area (Å²) in [5, 5.41) is 31.5. The normalized spacial score (nSPS) is 23.2. The van der Waals surface area contributed by atoms with Crippen LogP contribution in [0.3, 0.4) is 0 Å². The Morgan fingerprint density at radius 1 is 1.07 bits per heavy atom. The number of aliphatic hydroxyl groups is 3. The summed E-state index contributed by atoms with van der Waals surface area (Å²) in [6, 6.07) is 0. The van der Waals surface area contributed by atoms with E-state index in [0.29, 0.717) is 37.3 Å². The maximum absolute atomic E-state index is 13.3. The Hall–Kier alpha value is -1.53. The van der Waals surface area contributed by atoms with Crippen molar-refractivity contribution in [3.63, 3.8) is 0 Å². The Morgan fingerprint density at radius 2 is 1.66 bits per heavy atom. The van der Waals surface area contributed by atoms with Crippen molar-refractivity contribution < 1.29 is 24.9 Å². The van der Waals surface area contributed by atoms with E-state index in [1.807, 2.05) is 41.5 Å². The van der Waals surface area contributed by atoms with Gasteiger partial charge in [-0.05, 0) is 37.0 Å². The third kappa shape index (κ3) is 6.22. The first-order chi connectivity index (χ1) is 13.5. The summed E-state index contributed by atoms with van der Waals surface area (Å²) < 4.78 is 0. The van der Waals surface area contributed by atoms with Gasteiger partial charge in [0.1, 0.15) is 5.76 Å². The number of hydrogen-bond acceptors (Lipinski definition) is 6. The van der Waals surface area contributed by atoms with E-state index in [9.17, 15) is 19.8 Å². The lowest BCUT2D eigenvalue weighted by Crippen LogP contribution is -2.47. The van der Waals surface area contributed by atoms with Crippen molar-refractivity contribution in [2.45, 2.75) is 79.2 Å². The first-order valence-corrected chi connectivity index (χ1v) is 10.8. The van der Waals surface area contributed by atoms with Crippen LogP contribution in [0.15, 0.2) is 16.3 Å². The molecule has 1 rings (SSSR count). The Bertz CT molecular complexity index is 648. The second-order valence-electron chi connectivity index (χ2n) is 9.38. The molecule has 6 heteroatoms. The molecule has 0 bridgehead atoms. The molecule has 0 fully saturated rings. The lowest BCUT2D eigenvalue weighted by molar-refractivity contribution is -0.145. The molecule has 6 nitrogen and oxygen atoms in total. The average molecular weight is 410 g/mol. The molecule has 0 aromatic carbocycles. The Labute approximate surface area is 175 Å². The predicted octanol–water partition coefficient (Wildman–Crippen LogP) is 3.65. The van der Waals surface area contributed by atoms with Gasteiger partial charge in [0, 0.05) is 12.1 Å². The molecule has 0 unspecified atom stereocenters. The van der Waals surface area contributed by atoms with Crippen molar-refractivity contribution in [2.24, 2.45) is 28.7 Å². The van der Waals surface area contributed by atoms with Gasteiger partial charge in [-0.15, -0.1) is 0 Å². The van der Waals surface area contributed by atoms with Gasteiger partial charge in [0.15, 0.2) is 17.2 Å². The SMILES string of the molecule is CC(C)CCC(=O)[C@@]1(O)C(O)=C(C(CC(C)C)=NCCO)C(=O)[C@@H]1CCC(C)C. The second-order valence-corrected chi connectivity index (χ2v) is 9.38. The lowest BCUT2D eigenvalue weighted by Gasteiger charge is -2.28. The molecular weight excluding hydrogens is 370 g/mol. The zero-order valence-corrected chi connectivity index (χ0v) is 18.9. The van der Waals surface area contributed by atoms with Crippen molar-refractivity contribution in [1.29, 1.82) is 0 Å². The number of rotatable bonds is 12. The number of nitrogens with zero attached hydrogens (tertiary/aromatic N) is 1. The molecule has 1 aliphatic rings. The quantitative estimate of drug-likeness (QED) is 0.427. The summed E-state index contributed by atoms with van der Waals surface area (Å²) in [5.74, 6) is -1.76. The highest BCUT2D eigenvalue weighted by Gasteiger charge is 2.58. The van der Waals surface area contributed by atoms with E-state index in [1.54, 1.807) is 0 Å². The molecular formula is C23H39NO5.